The smallest absolute Gasteiger partial charge is 0.308 e. The summed E-state index contributed by atoms with van der Waals surface area (Å²) in [5.74, 6) is -0.872. The molecule has 0 aliphatic rings. The minimum Gasteiger partial charge on any atom is -0.481 e. The van der Waals surface area contributed by atoms with Crippen molar-refractivity contribution in [1.29, 1.82) is 5.26 Å². The fourth-order valence-electron chi connectivity index (χ4n) is 1.15. The Morgan fingerprint density at radius 1 is 1.62 bits per heavy atom. The van der Waals surface area contributed by atoms with Crippen molar-refractivity contribution in [3.8, 4) is 6.07 Å². The number of rotatable bonds is 4. The second kappa shape index (κ2) is 5.12. The van der Waals surface area contributed by atoms with Crippen LogP contribution in [0.3, 0.4) is 0 Å². The fourth-order valence-corrected chi connectivity index (χ4v) is 1.15. The molecule has 16 heavy (non-hydrogen) atoms. The summed E-state index contributed by atoms with van der Waals surface area (Å²) in [7, 11) is 0. The number of carboxylic acids is 1. The molecule has 2 unspecified atom stereocenters. The molecule has 0 bridgehead atoms. The summed E-state index contributed by atoms with van der Waals surface area (Å²) in [4.78, 5) is 14.8. The van der Waals surface area contributed by atoms with Gasteiger partial charge in [-0.1, -0.05) is 0 Å². The molecule has 0 aromatic carbocycles. The Kier molecular flexibility index (Phi) is 3.84. The Labute approximate surface area is 93.7 Å². The fraction of sp³-hybridized carbons (Fsp3) is 0.364. The first kappa shape index (κ1) is 12.0. The number of aromatic nitrogens is 1. The highest BCUT2D eigenvalue weighted by molar-refractivity contribution is 5.71. The quantitative estimate of drug-likeness (QED) is 0.800. The number of nitrogens with zero attached hydrogens (tertiary/aromatic N) is 2. The molecule has 0 fully saturated rings. The van der Waals surface area contributed by atoms with Gasteiger partial charge in [0, 0.05) is 12.2 Å². The van der Waals surface area contributed by atoms with E-state index in [0.717, 1.165) is 0 Å². The van der Waals surface area contributed by atoms with Crippen molar-refractivity contribution in [2.45, 2.75) is 19.9 Å². The van der Waals surface area contributed by atoms with Gasteiger partial charge in [-0.3, -0.25) is 4.79 Å². The van der Waals surface area contributed by atoms with Crippen molar-refractivity contribution in [1.82, 2.24) is 4.98 Å². The van der Waals surface area contributed by atoms with E-state index in [9.17, 15) is 4.79 Å². The van der Waals surface area contributed by atoms with Crippen LogP contribution in [0, 0.1) is 17.2 Å². The van der Waals surface area contributed by atoms with Crippen LogP contribution in [-0.2, 0) is 4.79 Å². The van der Waals surface area contributed by atoms with E-state index >= 15 is 0 Å². The monoisotopic (exact) mass is 219 g/mol. The van der Waals surface area contributed by atoms with Crippen molar-refractivity contribution in [2.75, 3.05) is 5.32 Å². The van der Waals surface area contributed by atoms with Crippen molar-refractivity contribution >= 4 is 11.8 Å². The minimum absolute atomic E-state index is 0.251. The SMILES string of the molecule is CC(Nc1cc(C#N)ccn1)C(C)C(=O)O. The van der Waals surface area contributed by atoms with E-state index in [4.69, 9.17) is 10.4 Å². The number of carboxylic acid groups (broad SMARTS) is 1. The lowest BCUT2D eigenvalue weighted by atomic mass is 10.0. The third kappa shape index (κ3) is 2.95. The first-order valence-corrected chi connectivity index (χ1v) is 4.90. The molecule has 0 aliphatic carbocycles. The van der Waals surface area contributed by atoms with Gasteiger partial charge in [-0.15, -0.1) is 0 Å². The maximum absolute atomic E-state index is 10.7. The zero-order valence-corrected chi connectivity index (χ0v) is 9.14. The van der Waals surface area contributed by atoms with Crippen LogP contribution in [-0.4, -0.2) is 22.1 Å². The van der Waals surface area contributed by atoms with E-state index in [-0.39, 0.29) is 6.04 Å². The molecular weight excluding hydrogens is 206 g/mol. The average molecular weight is 219 g/mol. The third-order valence-electron chi connectivity index (χ3n) is 2.40. The van der Waals surface area contributed by atoms with Crippen LogP contribution in [0.4, 0.5) is 5.82 Å². The predicted octanol–water partition coefficient (Wildman–Crippen LogP) is 1.47. The van der Waals surface area contributed by atoms with Crippen molar-refractivity contribution in [2.24, 2.45) is 5.92 Å². The van der Waals surface area contributed by atoms with Gasteiger partial charge in [-0.05, 0) is 26.0 Å². The molecule has 0 radical (unpaired) electrons. The number of hydrogen-bond donors (Lipinski definition) is 2. The van der Waals surface area contributed by atoms with E-state index in [1.165, 1.54) is 6.20 Å². The number of hydrogen-bond acceptors (Lipinski definition) is 4. The third-order valence-corrected chi connectivity index (χ3v) is 2.40. The molecule has 0 spiro atoms. The molecule has 0 amide bonds. The molecular formula is C11H13N3O2. The van der Waals surface area contributed by atoms with E-state index in [1.54, 1.807) is 26.0 Å². The molecule has 5 heteroatoms. The van der Waals surface area contributed by atoms with Crippen LogP contribution in [0.15, 0.2) is 18.3 Å². The lowest BCUT2D eigenvalue weighted by Gasteiger charge is -2.18. The van der Waals surface area contributed by atoms with Crippen LogP contribution in [0.25, 0.3) is 0 Å². The molecule has 1 aromatic rings. The van der Waals surface area contributed by atoms with Gasteiger partial charge in [0.15, 0.2) is 0 Å². The van der Waals surface area contributed by atoms with Crippen LogP contribution in [0.2, 0.25) is 0 Å². The van der Waals surface area contributed by atoms with Gasteiger partial charge in [-0.25, -0.2) is 4.98 Å². The standard InChI is InChI=1S/C11H13N3O2/c1-7(11(15)16)8(2)14-10-5-9(6-12)3-4-13-10/h3-5,7-8H,1-2H3,(H,13,14)(H,15,16). The lowest BCUT2D eigenvalue weighted by Crippen LogP contribution is -2.30. The highest BCUT2D eigenvalue weighted by atomic mass is 16.4. The Balaban J connectivity index is 2.73. The number of nitriles is 1. The van der Waals surface area contributed by atoms with Gasteiger partial charge < -0.3 is 10.4 Å². The largest absolute Gasteiger partial charge is 0.481 e. The van der Waals surface area contributed by atoms with Gasteiger partial charge in [0.05, 0.1) is 17.6 Å². The van der Waals surface area contributed by atoms with E-state index < -0.39 is 11.9 Å². The van der Waals surface area contributed by atoms with Crippen LogP contribution >= 0.6 is 0 Å². The van der Waals surface area contributed by atoms with Crippen LogP contribution in [0.1, 0.15) is 19.4 Å². The molecule has 0 saturated carbocycles. The van der Waals surface area contributed by atoms with Gasteiger partial charge in [0.2, 0.25) is 0 Å². The van der Waals surface area contributed by atoms with Crippen molar-refractivity contribution < 1.29 is 9.90 Å². The van der Waals surface area contributed by atoms with Crippen LogP contribution < -0.4 is 5.32 Å². The maximum Gasteiger partial charge on any atom is 0.308 e. The van der Waals surface area contributed by atoms with Gasteiger partial charge in [0.1, 0.15) is 5.82 Å². The molecule has 2 atom stereocenters. The summed E-state index contributed by atoms with van der Waals surface area (Å²) in [5.41, 5.74) is 0.493. The Morgan fingerprint density at radius 2 is 2.31 bits per heavy atom. The molecule has 1 heterocycles. The average Bonchev–Trinajstić information content (AvgIpc) is 2.28. The van der Waals surface area contributed by atoms with E-state index in [0.29, 0.717) is 11.4 Å². The van der Waals surface area contributed by atoms with Gasteiger partial charge in [0.25, 0.3) is 0 Å². The van der Waals surface area contributed by atoms with Crippen molar-refractivity contribution in [3.63, 3.8) is 0 Å². The summed E-state index contributed by atoms with van der Waals surface area (Å²) >= 11 is 0. The summed E-state index contributed by atoms with van der Waals surface area (Å²) in [6.07, 6.45) is 1.51. The minimum atomic E-state index is -0.864. The number of carbonyl (C=O) groups is 1. The molecule has 0 aliphatic heterocycles. The Hall–Kier alpha value is -2.09. The van der Waals surface area contributed by atoms with Gasteiger partial charge >= 0.3 is 5.97 Å². The van der Waals surface area contributed by atoms with E-state index in [1.807, 2.05) is 6.07 Å². The van der Waals surface area contributed by atoms with Crippen LogP contribution in [0.5, 0.6) is 0 Å². The van der Waals surface area contributed by atoms with Gasteiger partial charge in [-0.2, -0.15) is 5.26 Å². The normalized spacial score (nSPS) is 13.6. The number of nitrogens with one attached hydrogen (secondary N) is 1. The zero-order chi connectivity index (χ0) is 12.1. The predicted molar refractivity (Wildman–Crippen MR) is 58.8 cm³/mol. The second-order valence-corrected chi connectivity index (χ2v) is 3.60. The lowest BCUT2D eigenvalue weighted by molar-refractivity contribution is -0.141. The Bertz CT molecular complexity index is 425. The van der Waals surface area contributed by atoms with E-state index in [2.05, 4.69) is 10.3 Å². The maximum atomic E-state index is 10.7. The number of anilines is 1. The summed E-state index contributed by atoms with van der Waals surface area (Å²) in [6.45, 7) is 3.38. The summed E-state index contributed by atoms with van der Waals surface area (Å²) in [5, 5.41) is 20.5. The first-order chi connectivity index (χ1) is 7.54. The number of aliphatic carboxylic acids is 1. The highest BCUT2D eigenvalue weighted by Crippen LogP contribution is 2.11. The summed E-state index contributed by atoms with van der Waals surface area (Å²) < 4.78 is 0. The molecule has 5 nitrogen and oxygen atoms in total. The molecule has 1 aromatic heterocycles. The van der Waals surface area contributed by atoms with Crippen molar-refractivity contribution in [3.05, 3.63) is 23.9 Å². The molecule has 0 saturated heterocycles. The Morgan fingerprint density at radius 3 is 2.88 bits per heavy atom. The highest BCUT2D eigenvalue weighted by Gasteiger charge is 2.19. The molecule has 1 rings (SSSR count). The summed E-state index contributed by atoms with van der Waals surface area (Å²) in [6, 6.07) is 4.93. The molecule has 84 valence electrons. The second-order valence-electron chi connectivity index (χ2n) is 3.60. The molecule has 2 N–H and O–H groups in total. The topological polar surface area (TPSA) is 86.0 Å². The first-order valence-electron chi connectivity index (χ1n) is 4.90. The zero-order valence-electron chi connectivity index (χ0n) is 9.14. The number of pyridine rings is 1.